The summed E-state index contributed by atoms with van der Waals surface area (Å²) < 4.78 is 13.7. The number of phenolic OH excluding ortho intramolecular Hbond substituents is 1. The molecule has 1 aliphatic carbocycles. The third-order valence-electron chi connectivity index (χ3n) is 3.94. The molecule has 0 spiro atoms. The van der Waals surface area contributed by atoms with Gasteiger partial charge < -0.3 is 10.4 Å². The van der Waals surface area contributed by atoms with Gasteiger partial charge in [-0.25, -0.2) is 4.39 Å². The summed E-state index contributed by atoms with van der Waals surface area (Å²) in [5.74, 6) is -1.04. The highest BCUT2D eigenvalue weighted by Crippen LogP contribution is 2.34. The molecule has 2 unspecified atom stereocenters. The molecule has 0 aromatic heterocycles. The summed E-state index contributed by atoms with van der Waals surface area (Å²) in [5, 5.41) is 13.2. The average molecular weight is 344 g/mol. The number of alkyl halides is 1. The van der Waals surface area contributed by atoms with E-state index in [-0.39, 0.29) is 16.9 Å². The summed E-state index contributed by atoms with van der Waals surface area (Å²) >= 11 is 3.46. The molecule has 1 aliphatic rings. The molecule has 1 fully saturated rings. The summed E-state index contributed by atoms with van der Waals surface area (Å²) in [5.41, 5.74) is -0.630. The Morgan fingerprint density at radius 2 is 2.35 bits per heavy atom. The van der Waals surface area contributed by atoms with Gasteiger partial charge in [0.15, 0.2) is 0 Å². The highest BCUT2D eigenvalue weighted by molar-refractivity contribution is 9.09. The normalized spacial score (nSPS) is 26.2. The predicted molar refractivity (Wildman–Crippen MR) is 79.7 cm³/mol. The first-order chi connectivity index (χ1) is 9.47. The predicted octanol–water partition coefficient (Wildman–Crippen LogP) is 3.60. The molecule has 1 aromatic rings. The van der Waals surface area contributed by atoms with Crippen LogP contribution in [0.15, 0.2) is 18.2 Å². The quantitative estimate of drug-likeness (QED) is 0.823. The Labute approximate surface area is 126 Å². The summed E-state index contributed by atoms with van der Waals surface area (Å²) in [6, 6.07) is 3.88. The van der Waals surface area contributed by atoms with Crippen molar-refractivity contribution in [3.8, 4) is 5.75 Å². The van der Waals surface area contributed by atoms with Gasteiger partial charge in [-0.1, -0.05) is 41.8 Å². The standard InChI is InChI=1S/C15H19BrFNO2/c1-10-4-3-7-15(8-10,9-16)18-14(20)13-11(17)5-2-6-12(13)19/h2,5-6,10,19H,3-4,7-9H2,1H3,(H,18,20). The van der Waals surface area contributed by atoms with Gasteiger partial charge in [0.25, 0.3) is 5.91 Å². The van der Waals surface area contributed by atoms with Gasteiger partial charge in [-0.3, -0.25) is 4.79 Å². The molecule has 5 heteroatoms. The van der Waals surface area contributed by atoms with Crippen molar-refractivity contribution in [1.29, 1.82) is 0 Å². The van der Waals surface area contributed by atoms with Crippen LogP contribution in [0.3, 0.4) is 0 Å². The average Bonchev–Trinajstić information content (AvgIpc) is 2.38. The molecule has 1 aromatic carbocycles. The second-order valence-corrected chi connectivity index (χ2v) is 6.26. The molecule has 0 saturated heterocycles. The van der Waals surface area contributed by atoms with Crippen LogP contribution in [0.5, 0.6) is 5.75 Å². The summed E-state index contributed by atoms with van der Waals surface area (Å²) in [6.45, 7) is 2.16. The largest absolute Gasteiger partial charge is 0.507 e. The summed E-state index contributed by atoms with van der Waals surface area (Å²) in [7, 11) is 0. The Morgan fingerprint density at radius 3 is 2.95 bits per heavy atom. The van der Waals surface area contributed by atoms with E-state index in [1.807, 2.05) is 0 Å². The van der Waals surface area contributed by atoms with Crippen molar-refractivity contribution in [3.63, 3.8) is 0 Å². The van der Waals surface area contributed by atoms with Crippen molar-refractivity contribution >= 4 is 21.8 Å². The van der Waals surface area contributed by atoms with Crippen molar-refractivity contribution in [2.45, 2.75) is 38.1 Å². The molecular weight excluding hydrogens is 325 g/mol. The topological polar surface area (TPSA) is 49.3 Å². The Morgan fingerprint density at radius 1 is 1.60 bits per heavy atom. The van der Waals surface area contributed by atoms with E-state index in [1.54, 1.807) is 0 Å². The van der Waals surface area contributed by atoms with E-state index in [9.17, 15) is 14.3 Å². The molecule has 3 nitrogen and oxygen atoms in total. The van der Waals surface area contributed by atoms with Gasteiger partial charge in [0.1, 0.15) is 17.1 Å². The first-order valence-electron chi connectivity index (χ1n) is 6.83. The third-order valence-corrected chi connectivity index (χ3v) is 5.02. The van der Waals surface area contributed by atoms with Crippen molar-refractivity contribution in [1.82, 2.24) is 5.32 Å². The lowest BCUT2D eigenvalue weighted by Gasteiger charge is -2.39. The molecule has 0 radical (unpaired) electrons. The minimum Gasteiger partial charge on any atom is -0.507 e. The Balaban J connectivity index is 2.21. The van der Waals surface area contributed by atoms with E-state index in [0.29, 0.717) is 11.2 Å². The number of carbonyl (C=O) groups is 1. The number of benzene rings is 1. The van der Waals surface area contributed by atoms with Gasteiger partial charge in [-0.2, -0.15) is 0 Å². The number of carbonyl (C=O) groups excluding carboxylic acids is 1. The van der Waals surface area contributed by atoms with Crippen molar-refractivity contribution in [3.05, 3.63) is 29.6 Å². The van der Waals surface area contributed by atoms with Crippen LogP contribution in [0.25, 0.3) is 0 Å². The number of aromatic hydroxyl groups is 1. The van der Waals surface area contributed by atoms with Crippen LogP contribution in [0.4, 0.5) is 4.39 Å². The number of halogens is 2. The highest BCUT2D eigenvalue weighted by atomic mass is 79.9. The first kappa shape index (κ1) is 15.3. The molecule has 1 amide bonds. The maximum atomic E-state index is 13.7. The van der Waals surface area contributed by atoms with Crippen LogP contribution < -0.4 is 5.32 Å². The zero-order valence-electron chi connectivity index (χ0n) is 11.5. The van der Waals surface area contributed by atoms with Crippen LogP contribution in [0.1, 0.15) is 43.0 Å². The fourth-order valence-corrected chi connectivity index (χ4v) is 3.62. The van der Waals surface area contributed by atoms with E-state index in [0.717, 1.165) is 25.7 Å². The van der Waals surface area contributed by atoms with E-state index in [1.165, 1.54) is 18.2 Å². The lowest BCUT2D eigenvalue weighted by atomic mass is 9.77. The molecule has 0 heterocycles. The van der Waals surface area contributed by atoms with Gasteiger partial charge in [0, 0.05) is 5.33 Å². The Hall–Kier alpha value is -1.10. The van der Waals surface area contributed by atoms with Gasteiger partial charge in [-0.15, -0.1) is 0 Å². The number of rotatable bonds is 3. The van der Waals surface area contributed by atoms with Crippen molar-refractivity contribution in [2.24, 2.45) is 5.92 Å². The second-order valence-electron chi connectivity index (χ2n) is 5.70. The highest BCUT2D eigenvalue weighted by Gasteiger charge is 2.36. The minimum atomic E-state index is -0.698. The third kappa shape index (κ3) is 3.14. The molecule has 20 heavy (non-hydrogen) atoms. The van der Waals surface area contributed by atoms with Crippen LogP contribution in [0, 0.1) is 11.7 Å². The fourth-order valence-electron chi connectivity index (χ4n) is 2.97. The molecule has 1 saturated carbocycles. The maximum Gasteiger partial charge on any atom is 0.258 e. The van der Waals surface area contributed by atoms with Gasteiger partial charge in [-0.05, 0) is 30.9 Å². The molecule has 110 valence electrons. The number of hydrogen-bond donors (Lipinski definition) is 2. The number of nitrogens with one attached hydrogen (secondary N) is 1. The first-order valence-corrected chi connectivity index (χ1v) is 7.95. The lowest BCUT2D eigenvalue weighted by Crippen LogP contribution is -2.52. The van der Waals surface area contributed by atoms with E-state index >= 15 is 0 Å². The van der Waals surface area contributed by atoms with E-state index < -0.39 is 11.7 Å². The zero-order valence-corrected chi connectivity index (χ0v) is 13.0. The SMILES string of the molecule is CC1CCCC(CBr)(NC(=O)c2c(O)cccc2F)C1. The number of hydrogen-bond acceptors (Lipinski definition) is 2. The lowest BCUT2D eigenvalue weighted by molar-refractivity contribution is 0.0862. The summed E-state index contributed by atoms with van der Waals surface area (Å²) in [6.07, 6.45) is 3.91. The molecule has 2 rings (SSSR count). The fraction of sp³-hybridized carbons (Fsp3) is 0.533. The number of phenols is 1. The molecular formula is C15H19BrFNO2. The van der Waals surface area contributed by atoms with E-state index in [4.69, 9.17) is 0 Å². The molecule has 0 aliphatic heterocycles. The van der Waals surface area contributed by atoms with Crippen molar-refractivity contribution < 1.29 is 14.3 Å². The maximum absolute atomic E-state index is 13.7. The van der Waals surface area contributed by atoms with Crippen LogP contribution in [0.2, 0.25) is 0 Å². The Bertz CT molecular complexity index is 488. The molecule has 2 N–H and O–H groups in total. The zero-order chi connectivity index (χ0) is 14.8. The summed E-state index contributed by atoms with van der Waals surface area (Å²) in [4.78, 5) is 12.3. The van der Waals surface area contributed by atoms with Crippen LogP contribution >= 0.6 is 15.9 Å². The van der Waals surface area contributed by atoms with Crippen LogP contribution in [-0.4, -0.2) is 21.9 Å². The van der Waals surface area contributed by atoms with Gasteiger partial charge >= 0.3 is 0 Å². The van der Waals surface area contributed by atoms with Gasteiger partial charge in [0.2, 0.25) is 0 Å². The van der Waals surface area contributed by atoms with Crippen LogP contribution in [-0.2, 0) is 0 Å². The monoisotopic (exact) mass is 343 g/mol. The molecule has 2 atom stereocenters. The Kier molecular flexibility index (Phi) is 4.68. The molecule has 0 bridgehead atoms. The van der Waals surface area contributed by atoms with Crippen molar-refractivity contribution in [2.75, 3.05) is 5.33 Å². The van der Waals surface area contributed by atoms with E-state index in [2.05, 4.69) is 28.2 Å². The smallest absolute Gasteiger partial charge is 0.258 e. The minimum absolute atomic E-state index is 0.272. The number of amides is 1. The van der Waals surface area contributed by atoms with Gasteiger partial charge in [0.05, 0.1) is 5.54 Å². The second kappa shape index (κ2) is 6.12.